The van der Waals surface area contributed by atoms with E-state index in [0.717, 1.165) is 44.5 Å². The third kappa shape index (κ3) is 2.45. The number of carbonyl (C=O) groups excluding carboxylic acids is 1. The Morgan fingerprint density at radius 1 is 1.42 bits per heavy atom. The van der Waals surface area contributed by atoms with Crippen LogP contribution < -0.4 is 10.6 Å². The normalized spacial score (nSPS) is 22.3. The molecule has 4 nitrogen and oxygen atoms in total. The van der Waals surface area contributed by atoms with E-state index >= 15 is 0 Å². The summed E-state index contributed by atoms with van der Waals surface area (Å²) in [7, 11) is 0. The number of anilines is 2. The standard InChI is InChI=1S/C15H20N2O2/c16-13-6-3-4-11-7-8-17(15(11)13)14(18)10-12-5-1-2-9-19-12/h3-4,6,12H,1-2,5,7-10,16H2. The molecule has 0 aliphatic carbocycles. The van der Waals surface area contributed by atoms with Crippen molar-refractivity contribution >= 4 is 17.3 Å². The molecule has 2 aliphatic rings. The van der Waals surface area contributed by atoms with Crippen molar-refractivity contribution in [2.24, 2.45) is 0 Å². The lowest BCUT2D eigenvalue weighted by atomic mass is 10.1. The molecule has 1 aromatic carbocycles. The summed E-state index contributed by atoms with van der Waals surface area (Å²) in [5.74, 6) is 0.142. The van der Waals surface area contributed by atoms with Gasteiger partial charge >= 0.3 is 0 Å². The largest absolute Gasteiger partial charge is 0.397 e. The topological polar surface area (TPSA) is 55.6 Å². The number of para-hydroxylation sites is 1. The summed E-state index contributed by atoms with van der Waals surface area (Å²) in [6, 6.07) is 5.87. The number of carbonyl (C=O) groups is 1. The van der Waals surface area contributed by atoms with Gasteiger partial charge in [0.15, 0.2) is 0 Å². The van der Waals surface area contributed by atoms with E-state index in [1.165, 1.54) is 5.56 Å². The van der Waals surface area contributed by atoms with E-state index in [4.69, 9.17) is 10.5 Å². The lowest BCUT2D eigenvalue weighted by Gasteiger charge is -2.25. The summed E-state index contributed by atoms with van der Waals surface area (Å²) >= 11 is 0. The van der Waals surface area contributed by atoms with Gasteiger partial charge in [-0.1, -0.05) is 12.1 Å². The van der Waals surface area contributed by atoms with Crippen LogP contribution in [0.5, 0.6) is 0 Å². The molecule has 2 aliphatic heterocycles. The van der Waals surface area contributed by atoms with E-state index in [9.17, 15) is 4.79 Å². The van der Waals surface area contributed by atoms with Crippen molar-refractivity contribution in [1.29, 1.82) is 0 Å². The van der Waals surface area contributed by atoms with Crippen LogP contribution in [0.4, 0.5) is 11.4 Å². The van der Waals surface area contributed by atoms with Gasteiger partial charge in [0, 0.05) is 13.2 Å². The highest BCUT2D eigenvalue weighted by atomic mass is 16.5. The summed E-state index contributed by atoms with van der Waals surface area (Å²) in [5, 5.41) is 0. The molecule has 3 rings (SSSR count). The van der Waals surface area contributed by atoms with E-state index in [1.807, 2.05) is 17.0 Å². The molecule has 4 heteroatoms. The maximum atomic E-state index is 12.4. The van der Waals surface area contributed by atoms with Crippen LogP contribution in [0, 0.1) is 0 Å². The lowest BCUT2D eigenvalue weighted by Crippen LogP contribution is -2.34. The molecule has 2 N–H and O–H groups in total. The van der Waals surface area contributed by atoms with Crippen LogP contribution >= 0.6 is 0 Å². The van der Waals surface area contributed by atoms with Crippen LogP contribution in [-0.4, -0.2) is 25.2 Å². The Labute approximate surface area is 113 Å². The number of hydrogen-bond donors (Lipinski definition) is 1. The fourth-order valence-corrected chi connectivity index (χ4v) is 3.01. The molecule has 0 bridgehead atoms. The maximum Gasteiger partial charge on any atom is 0.229 e. The summed E-state index contributed by atoms with van der Waals surface area (Å²) in [4.78, 5) is 14.3. The van der Waals surface area contributed by atoms with Gasteiger partial charge in [0.2, 0.25) is 5.91 Å². The van der Waals surface area contributed by atoms with Crippen LogP contribution in [0.3, 0.4) is 0 Å². The third-order valence-corrected chi connectivity index (χ3v) is 4.00. The second-order valence-electron chi connectivity index (χ2n) is 5.34. The summed E-state index contributed by atoms with van der Waals surface area (Å²) in [6.07, 6.45) is 4.75. The second kappa shape index (κ2) is 5.21. The molecule has 1 aromatic rings. The first-order chi connectivity index (χ1) is 9.25. The summed E-state index contributed by atoms with van der Waals surface area (Å²) < 4.78 is 5.65. The first-order valence-corrected chi connectivity index (χ1v) is 7.05. The van der Waals surface area contributed by atoms with Crippen molar-refractivity contribution < 1.29 is 9.53 Å². The number of ether oxygens (including phenoxy) is 1. The zero-order valence-electron chi connectivity index (χ0n) is 11.1. The van der Waals surface area contributed by atoms with Crippen LogP contribution in [0.1, 0.15) is 31.2 Å². The van der Waals surface area contributed by atoms with E-state index in [1.54, 1.807) is 0 Å². The number of rotatable bonds is 2. The molecule has 1 atom stereocenters. The minimum atomic E-state index is 0.0928. The highest BCUT2D eigenvalue weighted by Gasteiger charge is 2.28. The van der Waals surface area contributed by atoms with Crippen molar-refractivity contribution in [2.45, 2.75) is 38.2 Å². The van der Waals surface area contributed by atoms with Crippen LogP contribution in [0.15, 0.2) is 18.2 Å². The zero-order valence-corrected chi connectivity index (χ0v) is 11.1. The molecular formula is C15H20N2O2. The number of amides is 1. The predicted octanol–water partition coefficient (Wildman–Crippen LogP) is 2.12. The smallest absolute Gasteiger partial charge is 0.229 e. The number of benzene rings is 1. The molecule has 19 heavy (non-hydrogen) atoms. The Morgan fingerprint density at radius 2 is 2.32 bits per heavy atom. The first-order valence-electron chi connectivity index (χ1n) is 7.05. The third-order valence-electron chi connectivity index (χ3n) is 4.00. The average Bonchev–Trinajstić information content (AvgIpc) is 2.85. The molecule has 0 spiro atoms. The fourth-order valence-electron chi connectivity index (χ4n) is 3.01. The first kappa shape index (κ1) is 12.5. The average molecular weight is 260 g/mol. The van der Waals surface area contributed by atoms with Crippen LogP contribution in [0.25, 0.3) is 0 Å². The van der Waals surface area contributed by atoms with Crippen molar-refractivity contribution in [2.75, 3.05) is 23.8 Å². The van der Waals surface area contributed by atoms with Gasteiger partial charge in [0.05, 0.1) is 23.9 Å². The Bertz CT molecular complexity index is 481. The molecule has 102 valence electrons. The minimum Gasteiger partial charge on any atom is -0.397 e. The summed E-state index contributed by atoms with van der Waals surface area (Å²) in [6.45, 7) is 1.53. The molecule has 0 radical (unpaired) electrons. The predicted molar refractivity (Wildman–Crippen MR) is 75.1 cm³/mol. The van der Waals surface area contributed by atoms with Gasteiger partial charge in [-0.15, -0.1) is 0 Å². The number of nitrogens with zero attached hydrogens (tertiary/aromatic N) is 1. The van der Waals surface area contributed by atoms with Gasteiger partial charge in [-0.3, -0.25) is 4.79 Å². The fraction of sp³-hybridized carbons (Fsp3) is 0.533. The van der Waals surface area contributed by atoms with E-state index in [2.05, 4.69) is 6.07 Å². The van der Waals surface area contributed by atoms with Gasteiger partial charge in [0.1, 0.15) is 0 Å². The molecule has 1 unspecified atom stereocenters. The van der Waals surface area contributed by atoms with Gasteiger partial charge in [-0.05, 0) is 37.3 Å². The SMILES string of the molecule is Nc1cccc2c1N(C(=O)CC1CCCCO1)CC2. The second-order valence-corrected chi connectivity index (χ2v) is 5.34. The maximum absolute atomic E-state index is 12.4. The quantitative estimate of drug-likeness (QED) is 0.829. The highest BCUT2D eigenvalue weighted by molar-refractivity contribution is 5.99. The molecule has 0 aromatic heterocycles. The Morgan fingerprint density at radius 3 is 3.11 bits per heavy atom. The Hall–Kier alpha value is -1.55. The molecular weight excluding hydrogens is 240 g/mol. The lowest BCUT2D eigenvalue weighted by molar-refractivity contribution is -0.122. The van der Waals surface area contributed by atoms with Crippen molar-refractivity contribution in [3.8, 4) is 0 Å². The monoisotopic (exact) mass is 260 g/mol. The number of nitrogens with two attached hydrogens (primary N) is 1. The van der Waals surface area contributed by atoms with E-state index < -0.39 is 0 Å². The van der Waals surface area contributed by atoms with Crippen molar-refractivity contribution in [3.05, 3.63) is 23.8 Å². The zero-order chi connectivity index (χ0) is 13.2. The number of fused-ring (bicyclic) bond motifs is 1. The number of nitrogen functional groups attached to an aromatic ring is 1. The van der Waals surface area contributed by atoms with E-state index in [-0.39, 0.29) is 12.0 Å². The van der Waals surface area contributed by atoms with Crippen molar-refractivity contribution in [3.63, 3.8) is 0 Å². The Balaban J connectivity index is 1.72. The highest BCUT2D eigenvalue weighted by Crippen LogP contribution is 2.34. The van der Waals surface area contributed by atoms with Gasteiger partial charge < -0.3 is 15.4 Å². The number of hydrogen-bond acceptors (Lipinski definition) is 3. The van der Waals surface area contributed by atoms with Gasteiger partial charge in [-0.25, -0.2) is 0 Å². The molecule has 0 saturated carbocycles. The molecule has 1 fully saturated rings. The van der Waals surface area contributed by atoms with Gasteiger partial charge in [-0.2, -0.15) is 0 Å². The summed E-state index contributed by atoms with van der Waals surface area (Å²) in [5.41, 5.74) is 8.81. The van der Waals surface area contributed by atoms with E-state index in [0.29, 0.717) is 12.1 Å². The van der Waals surface area contributed by atoms with Gasteiger partial charge in [0.25, 0.3) is 0 Å². The van der Waals surface area contributed by atoms with Crippen molar-refractivity contribution in [1.82, 2.24) is 0 Å². The van der Waals surface area contributed by atoms with Crippen LogP contribution in [-0.2, 0) is 16.0 Å². The van der Waals surface area contributed by atoms with Crippen LogP contribution in [0.2, 0.25) is 0 Å². The minimum absolute atomic E-state index is 0.0928. The molecule has 1 amide bonds. The molecule has 1 saturated heterocycles. The Kier molecular flexibility index (Phi) is 3.42. The molecule has 2 heterocycles.